The minimum Gasteiger partial charge on any atom is -0.493 e. The molecule has 7 heteroatoms. The summed E-state index contributed by atoms with van der Waals surface area (Å²) in [5.74, 6) is -1.22. The van der Waals surface area contributed by atoms with E-state index in [2.05, 4.69) is 15.9 Å². The van der Waals surface area contributed by atoms with Crippen molar-refractivity contribution in [2.45, 2.75) is 0 Å². The van der Waals surface area contributed by atoms with Crippen molar-refractivity contribution in [2.75, 3.05) is 20.8 Å². The molecule has 0 heterocycles. The first-order valence-electron chi connectivity index (χ1n) is 6.83. The van der Waals surface area contributed by atoms with E-state index in [1.807, 2.05) is 0 Å². The highest BCUT2D eigenvalue weighted by molar-refractivity contribution is 9.10. The van der Waals surface area contributed by atoms with Crippen LogP contribution in [0.3, 0.4) is 0 Å². The largest absolute Gasteiger partial charge is 0.493 e. The van der Waals surface area contributed by atoms with Gasteiger partial charge in [-0.3, -0.25) is 4.79 Å². The maximum atomic E-state index is 13.7. The van der Waals surface area contributed by atoms with Crippen molar-refractivity contribution >= 4 is 27.7 Å². The summed E-state index contributed by atoms with van der Waals surface area (Å²) in [6.45, 7) is -0.510. The molecule has 0 aliphatic rings. The zero-order chi connectivity index (χ0) is 17.7. The highest BCUT2D eigenvalue weighted by Crippen LogP contribution is 2.27. The molecule has 24 heavy (non-hydrogen) atoms. The third kappa shape index (κ3) is 4.11. The van der Waals surface area contributed by atoms with Crippen molar-refractivity contribution in [1.29, 1.82) is 0 Å². The van der Waals surface area contributed by atoms with E-state index in [0.717, 1.165) is 6.07 Å². The van der Waals surface area contributed by atoms with Gasteiger partial charge < -0.3 is 14.2 Å². The van der Waals surface area contributed by atoms with E-state index >= 15 is 0 Å². The van der Waals surface area contributed by atoms with Gasteiger partial charge in [0.2, 0.25) is 0 Å². The molecule has 2 rings (SSSR count). The number of esters is 1. The van der Waals surface area contributed by atoms with Crippen molar-refractivity contribution in [1.82, 2.24) is 0 Å². The number of hydrogen-bond donors (Lipinski definition) is 0. The van der Waals surface area contributed by atoms with Crippen LogP contribution in [0, 0.1) is 5.82 Å². The van der Waals surface area contributed by atoms with Crippen LogP contribution in [0.1, 0.15) is 20.7 Å². The van der Waals surface area contributed by atoms with Crippen LogP contribution in [0.4, 0.5) is 4.39 Å². The molecule has 0 saturated carbocycles. The molecule has 0 radical (unpaired) electrons. The summed E-state index contributed by atoms with van der Waals surface area (Å²) in [5, 5.41) is 0. The van der Waals surface area contributed by atoms with Crippen molar-refractivity contribution in [3.05, 3.63) is 57.8 Å². The van der Waals surface area contributed by atoms with Gasteiger partial charge in [0.15, 0.2) is 23.9 Å². The number of benzene rings is 2. The first-order valence-corrected chi connectivity index (χ1v) is 7.63. The highest BCUT2D eigenvalue weighted by Gasteiger charge is 2.17. The van der Waals surface area contributed by atoms with E-state index in [1.54, 1.807) is 6.07 Å². The van der Waals surface area contributed by atoms with Crippen LogP contribution in [0.25, 0.3) is 0 Å². The molecule has 0 saturated heterocycles. The number of ether oxygens (including phenoxy) is 3. The minimum atomic E-state index is -0.908. The lowest BCUT2D eigenvalue weighted by atomic mass is 10.1. The van der Waals surface area contributed by atoms with E-state index in [0.29, 0.717) is 16.0 Å². The molecule has 5 nitrogen and oxygen atoms in total. The Morgan fingerprint density at radius 1 is 1.04 bits per heavy atom. The van der Waals surface area contributed by atoms with Crippen LogP contribution < -0.4 is 9.47 Å². The quantitative estimate of drug-likeness (QED) is 0.550. The maximum absolute atomic E-state index is 13.7. The molecule has 0 bridgehead atoms. The first kappa shape index (κ1) is 17.9. The van der Waals surface area contributed by atoms with Crippen LogP contribution in [0.5, 0.6) is 11.5 Å². The molecule has 0 N–H and O–H groups in total. The molecule has 0 aliphatic carbocycles. The third-order valence-electron chi connectivity index (χ3n) is 3.19. The fourth-order valence-corrected chi connectivity index (χ4v) is 2.29. The zero-order valence-electron chi connectivity index (χ0n) is 13.0. The van der Waals surface area contributed by atoms with Gasteiger partial charge in [0.05, 0.1) is 19.8 Å². The Morgan fingerprint density at radius 2 is 1.75 bits per heavy atom. The third-order valence-corrected chi connectivity index (χ3v) is 3.68. The smallest absolute Gasteiger partial charge is 0.341 e. The second-order valence-corrected chi connectivity index (χ2v) is 5.61. The number of Topliss-reactive ketones (excluding diaryl/α,β-unsaturated/α-hetero) is 1. The molecule has 0 aromatic heterocycles. The van der Waals surface area contributed by atoms with Gasteiger partial charge in [-0.25, -0.2) is 9.18 Å². The number of hydrogen-bond acceptors (Lipinski definition) is 5. The van der Waals surface area contributed by atoms with Gasteiger partial charge in [-0.2, -0.15) is 0 Å². The average Bonchev–Trinajstić information content (AvgIpc) is 2.58. The molecular weight excluding hydrogens is 383 g/mol. The summed E-state index contributed by atoms with van der Waals surface area (Å²) < 4.78 is 29.3. The summed E-state index contributed by atoms with van der Waals surface area (Å²) in [6, 6.07) is 8.51. The second kappa shape index (κ2) is 7.92. The van der Waals surface area contributed by atoms with Crippen LogP contribution in [-0.2, 0) is 4.74 Å². The van der Waals surface area contributed by atoms with Gasteiger partial charge in [-0.1, -0.05) is 15.9 Å². The normalized spacial score (nSPS) is 10.2. The van der Waals surface area contributed by atoms with Crippen LogP contribution in [-0.4, -0.2) is 32.6 Å². The number of ketones is 1. The van der Waals surface area contributed by atoms with Gasteiger partial charge in [-0.15, -0.1) is 0 Å². The number of rotatable bonds is 6. The molecular formula is C17H14BrFO5. The number of halogens is 2. The van der Waals surface area contributed by atoms with Gasteiger partial charge in [0.1, 0.15) is 5.82 Å². The monoisotopic (exact) mass is 396 g/mol. The summed E-state index contributed by atoms with van der Waals surface area (Å²) in [6.07, 6.45) is 0. The summed E-state index contributed by atoms with van der Waals surface area (Å²) in [4.78, 5) is 24.0. The molecule has 0 unspecified atom stereocenters. The van der Waals surface area contributed by atoms with E-state index < -0.39 is 24.2 Å². The Kier molecular flexibility index (Phi) is 5.92. The standard InChI is InChI=1S/C17H14BrFO5/c1-22-15-6-3-10(7-16(15)23-2)14(20)9-24-17(21)12-5-4-11(18)8-13(12)19/h3-8H,9H2,1-2H3. The molecule has 0 spiro atoms. The first-order chi connectivity index (χ1) is 11.5. The van der Waals surface area contributed by atoms with Crippen LogP contribution in [0.2, 0.25) is 0 Å². The molecule has 0 fully saturated rings. The van der Waals surface area contributed by atoms with Crippen LogP contribution >= 0.6 is 15.9 Å². The van der Waals surface area contributed by atoms with Crippen molar-refractivity contribution in [3.8, 4) is 11.5 Å². The summed E-state index contributed by atoms with van der Waals surface area (Å²) in [5.41, 5.74) is 0.0510. The Morgan fingerprint density at radius 3 is 2.38 bits per heavy atom. The van der Waals surface area contributed by atoms with Gasteiger partial charge in [-0.05, 0) is 36.4 Å². The van der Waals surface area contributed by atoms with E-state index in [1.165, 1.54) is 38.5 Å². The highest BCUT2D eigenvalue weighted by atomic mass is 79.9. The van der Waals surface area contributed by atoms with Crippen LogP contribution in [0.15, 0.2) is 40.9 Å². The van der Waals surface area contributed by atoms with E-state index in [4.69, 9.17) is 14.2 Å². The predicted molar refractivity (Wildman–Crippen MR) is 88.3 cm³/mol. The minimum absolute atomic E-state index is 0.238. The Bertz CT molecular complexity index is 776. The topological polar surface area (TPSA) is 61.8 Å². The maximum Gasteiger partial charge on any atom is 0.341 e. The fraction of sp³-hybridized carbons (Fsp3) is 0.176. The number of carbonyl (C=O) groups is 2. The van der Waals surface area contributed by atoms with Gasteiger partial charge >= 0.3 is 5.97 Å². The molecule has 0 amide bonds. The molecule has 0 aliphatic heterocycles. The van der Waals surface area contributed by atoms with Crippen molar-refractivity contribution < 1.29 is 28.2 Å². The Labute approximate surface area is 146 Å². The summed E-state index contributed by atoms with van der Waals surface area (Å²) in [7, 11) is 2.93. The summed E-state index contributed by atoms with van der Waals surface area (Å²) >= 11 is 3.10. The lowest BCUT2D eigenvalue weighted by Gasteiger charge is -2.09. The fourth-order valence-electron chi connectivity index (χ4n) is 1.96. The average molecular weight is 397 g/mol. The Hall–Kier alpha value is -2.41. The van der Waals surface area contributed by atoms with Crippen molar-refractivity contribution in [3.63, 3.8) is 0 Å². The van der Waals surface area contributed by atoms with Gasteiger partial charge in [0, 0.05) is 10.0 Å². The van der Waals surface area contributed by atoms with Gasteiger partial charge in [0.25, 0.3) is 0 Å². The SMILES string of the molecule is COc1ccc(C(=O)COC(=O)c2ccc(Br)cc2F)cc1OC. The lowest BCUT2D eigenvalue weighted by Crippen LogP contribution is -2.15. The molecule has 126 valence electrons. The Balaban J connectivity index is 2.06. The molecule has 2 aromatic rings. The zero-order valence-corrected chi connectivity index (χ0v) is 14.6. The number of carbonyl (C=O) groups excluding carboxylic acids is 2. The van der Waals surface area contributed by atoms with E-state index in [-0.39, 0.29) is 11.1 Å². The van der Waals surface area contributed by atoms with E-state index in [9.17, 15) is 14.0 Å². The molecule has 2 aromatic carbocycles. The number of methoxy groups -OCH3 is 2. The molecule has 0 atom stereocenters. The lowest BCUT2D eigenvalue weighted by molar-refractivity contribution is 0.0470. The predicted octanol–water partition coefficient (Wildman–Crippen LogP) is 3.65. The second-order valence-electron chi connectivity index (χ2n) is 4.69. The van der Waals surface area contributed by atoms with Crippen molar-refractivity contribution in [2.24, 2.45) is 0 Å².